The van der Waals surface area contributed by atoms with Crippen LogP contribution in [0.4, 0.5) is 0 Å². The normalized spacial score (nSPS) is 11.6. The van der Waals surface area contributed by atoms with Crippen LogP contribution in [0.5, 0.6) is 0 Å². The van der Waals surface area contributed by atoms with Crippen LogP contribution in [0, 0.1) is 5.92 Å². The van der Waals surface area contributed by atoms with Crippen molar-refractivity contribution in [3.63, 3.8) is 0 Å². The van der Waals surface area contributed by atoms with Crippen LogP contribution in [0.2, 0.25) is 0 Å². The minimum absolute atomic E-state index is 0.760. The van der Waals surface area contributed by atoms with E-state index in [9.17, 15) is 0 Å². The number of likely N-dealkylation sites (N-methyl/N-ethyl adjacent to an activating group) is 1. The van der Waals surface area contributed by atoms with Crippen molar-refractivity contribution in [1.82, 2.24) is 10.2 Å². The Bertz CT molecular complexity index is 257. The van der Waals surface area contributed by atoms with Gasteiger partial charge in [-0.2, -0.15) is 0 Å². The summed E-state index contributed by atoms with van der Waals surface area (Å²) in [6.07, 6.45) is 1.16. The number of nitrogens with zero attached hydrogens (tertiary/aromatic N) is 1. The third kappa shape index (κ3) is 6.26. The molecule has 16 heavy (non-hydrogen) atoms. The Hall–Kier alpha value is -0.380. The van der Waals surface area contributed by atoms with E-state index in [-0.39, 0.29) is 0 Å². The largest absolute Gasteiger partial charge is 0.315 e. The van der Waals surface area contributed by atoms with E-state index in [0.717, 1.165) is 32.0 Å². The van der Waals surface area contributed by atoms with Gasteiger partial charge >= 0.3 is 0 Å². The summed E-state index contributed by atoms with van der Waals surface area (Å²) in [6.45, 7) is 9.04. The van der Waals surface area contributed by atoms with Gasteiger partial charge in [-0.05, 0) is 30.8 Å². The molecule has 0 spiro atoms. The zero-order valence-corrected chi connectivity index (χ0v) is 11.5. The van der Waals surface area contributed by atoms with Gasteiger partial charge in [-0.3, -0.25) is 0 Å². The zero-order valence-electron chi connectivity index (χ0n) is 10.7. The second kappa shape index (κ2) is 7.82. The molecule has 3 heteroatoms. The molecule has 1 rings (SSSR count). The maximum atomic E-state index is 3.49. The number of hydrogen-bond acceptors (Lipinski definition) is 3. The van der Waals surface area contributed by atoms with E-state index in [1.807, 2.05) is 11.3 Å². The lowest BCUT2D eigenvalue weighted by atomic mass is 10.2. The van der Waals surface area contributed by atoms with E-state index in [1.165, 1.54) is 11.4 Å². The molecule has 92 valence electrons. The molecule has 1 aromatic rings. The molecule has 0 amide bonds. The van der Waals surface area contributed by atoms with Crippen molar-refractivity contribution in [3.8, 4) is 0 Å². The maximum Gasteiger partial charge on any atom is 0.0104 e. The first-order valence-corrected chi connectivity index (χ1v) is 6.98. The molecular weight excluding hydrogens is 216 g/mol. The van der Waals surface area contributed by atoms with Crippen molar-refractivity contribution in [1.29, 1.82) is 0 Å². The van der Waals surface area contributed by atoms with Gasteiger partial charge in [0.2, 0.25) is 0 Å². The fraction of sp³-hybridized carbons (Fsp3) is 0.692. The predicted octanol–water partition coefficient (Wildman–Crippen LogP) is 2.47. The molecule has 0 bridgehead atoms. The minimum Gasteiger partial charge on any atom is -0.315 e. The van der Waals surface area contributed by atoms with Crippen LogP contribution in [0.15, 0.2) is 17.5 Å². The SMILES string of the molecule is CC(C)CN(C)CCNCCc1cccs1. The highest BCUT2D eigenvalue weighted by molar-refractivity contribution is 7.09. The average molecular weight is 240 g/mol. The average Bonchev–Trinajstić information content (AvgIpc) is 2.68. The van der Waals surface area contributed by atoms with Gasteiger partial charge in [0, 0.05) is 31.1 Å². The fourth-order valence-corrected chi connectivity index (χ4v) is 2.48. The predicted molar refractivity (Wildman–Crippen MR) is 73.2 cm³/mol. The van der Waals surface area contributed by atoms with Crippen molar-refractivity contribution in [2.24, 2.45) is 5.92 Å². The van der Waals surface area contributed by atoms with Crippen LogP contribution in [-0.2, 0) is 6.42 Å². The lowest BCUT2D eigenvalue weighted by Gasteiger charge is -2.18. The lowest BCUT2D eigenvalue weighted by Crippen LogP contribution is -2.32. The van der Waals surface area contributed by atoms with E-state index < -0.39 is 0 Å². The number of thiophene rings is 1. The zero-order chi connectivity index (χ0) is 11.8. The van der Waals surface area contributed by atoms with Gasteiger partial charge in [-0.1, -0.05) is 19.9 Å². The smallest absolute Gasteiger partial charge is 0.0104 e. The Morgan fingerprint density at radius 2 is 2.19 bits per heavy atom. The molecule has 1 heterocycles. The molecule has 2 nitrogen and oxygen atoms in total. The van der Waals surface area contributed by atoms with E-state index >= 15 is 0 Å². The standard InChI is InChI=1S/C13H24N2S/c1-12(2)11-15(3)9-8-14-7-6-13-5-4-10-16-13/h4-5,10,12,14H,6-9,11H2,1-3H3. The van der Waals surface area contributed by atoms with Gasteiger partial charge in [-0.15, -0.1) is 11.3 Å². The molecule has 0 radical (unpaired) electrons. The highest BCUT2D eigenvalue weighted by Gasteiger charge is 2.00. The van der Waals surface area contributed by atoms with Crippen molar-refractivity contribution in [2.45, 2.75) is 20.3 Å². The maximum absolute atomic E-state index is 3.49. The highest BCUT2D eigenvalue weighted by Crippen LogP contribution is 2.07. The quantitative estimate of drug-likeness (QED) is 0.702. The third-order valence-corrected chi connectivity index (χ3v) is 3.41. The van der Waals surface area contributed by atoms with Crippen LogP contribution in [0.3, 0.4) is 0 Å². The Kier molecular flexibility index (Phi) is 6.69. The summed E-state index contributed by atoms with van der Waals surface area (Å²) in [5.41, 5.74) is 0. The van der Waals surface area contributed by atoms with Crippen molar-refractivity contribution >= 4 is 11.3 Å². The van der Waals surface area contributed by atoms with E-state index in [1.54, 1.807) is 0 Å². The Balaban J connectivity index is 1.95. The minimum atomic E-state index is 0.760. The molecule has 1 aromatic heterocycles. The Labute approximate surface area is 104 Å². The molecule has 0 aliphatic heterocycles. The summed E-state index contributed by atoms with van der Waals surface area (Å²) < 4.78 is 0. The first kappa shape index (κ1) is 13.7. The lowest BCUT2D eigenvalue weighted by molar-refractivity contribution is 0.295. The highest BCUT2D eigenvalue weighted by atomic mass is 32.1. The topological polar surface area (TPSA) is 15.3 Å². The Morgan fingerprint density at radius 3 is 2.81 bits per heavy atom. The van der Waals surface area contributed by atoms with Crippen LogP contribution >= 0.6 is 11.3 Å². The van der Waals surface area contributed by atoms with Crippen LogP contribution in [0.1, 0.15) is 18.7 Å². The molecule has 0 saturated heterocycles. The van der Waals surface area contributed by atoms with Crippen molar-refractivity contribution in [3.05, 3.63) is 22.4 Å². The molecule has 0 aliphatic rings. The van der Waals surface area contributed by atoms with Gasteiger partial charge in [0.05, 0.1) is 0 Å². The van der Waals surface area contributed by atoms with E-state index in [2.05, 4.69) is 48.6 Å². The van der Waals surface area contributed by atoms with Gasteiger partial charge in [0.25, 0.3) is 0 Å². The molecule has 0 fully saturated rings. The summed E-state index contributed by atoms with van der Waals surface area (Å²) in [7, 11) is 2.20. The first-order valence-electron chi connectivity index (χ1n) is 6.10. The summed E-state index contributed by atoms with van der Waals surface area (Å²) in [4.78, 5) is 3.87. The summed E-state index contributed by atoms with van der Waals surface area (Å²) in [5, 5.41) is 5.64. The molecule has 0 atom stereocenters. The Morgan fingerprint density at radius 1 is 1.38 bits per heavy atom. The molecular formula is C13H24N2S. The van der Waals surface area contributed by atoms with Gasteiger partial charge in [0.1, 0.15) is 0 Å². The third-order valence-electron chi connectivity index (χ3n) is 2.48. The molecule has 1 N–H and O–H groups in total. The molecule has 0 saturated carbocycles. The van der Waals surface area contributed by atoms with Gasteiger partial charge in [0.15, 0.2) is 0 Å². The molecule has 0 aliphatic carbocycles. The van der Waals surface area contributed by atoms with E-state index in [0.29, 0.717) is 0 Å². The van der Waals surface area contributed by atoms with Crippen molar-refractivity contribution < 1.29 is 0 Å². The second-order valence-corrected chi connectivity index (χ2v) is 5.77. The molecule has 0 unspecified atom stereocenters. The number of rotatable bonds is 8. The van der Waals surface area contributed by atoms with E-state index in [4.69, 9.17) is 0 Å². The number of hydrogen-bond donors (Lipinski definition) is 1. The second-order valence-electron chi connectivity index (χ2n) is 4.74. The summed E-state index contributed by atoms with van der Waals surface area (Å²) >= 11 is 1.85. The van der Waals surface area contributed by atoms with Gasteiger partial charge < -0.3 is 10.2 Å². The van der Waals surface area contributed by atoms with Crippen LogP contribution in [-0.4, -0.2) is 38.1 Å². The summed E-state index contributed by atoms with van der Waals surface area (Å²) in [6, 6.07) is 4.33. The van der Waals surface area contributed by atoms with Crippen LogP contribution in [0.25, 0.3) is 0 Å². The number of nitrogens with one attached hydrogen (secondary N) is 1. The van der Waals surface area contributed by atoms with Crippen molar-refractivity contribution in [2.75, 3.05) is 33.2 Å². The fourth-order valence-electron chi connectivity index (χ4n) is 1.78. The monoisotopic (exact) mass is 240 g/mol. The van der Waals surface area contributed by atoms with Gasteiger partial charge in [-0.25, -0.2) is 0 Å². The van der Waals surface area contributed by atoms with Crippen LogP contribution < -0.4 is 5.32 Å². The summed E-state index contributed by atoms with van der Waals surface area (Å²) in [5.74, 6) is 0.760. The first-order chi connectivity index (χ1) is 7.68. The molecule has 0 aromatic carbocycles.